The molecular formula is C15H17BrO5. The molecule has 0 unspecified atom stereocenters. The van der Waals surface area contributed by atoms with Crippen molar-refractivity contribution in [3.8, 4) is 17.2 Å². The quantitative estimate of drug-likeness (QED) is 0.612. The number of rotatable bonds is 4. The number of ether oxygens (including phenoxy) is 4. The number of carbonyl (C=O) groups is 1. The molecule has 0 saturated carbocycles. The van der Waals surface area contributed by atoms with Crippen LogP contribution in [-0.2, 0) is 9.53 Å². The predicted molar refractivity (Wildman–Crippen MR) is 80.9 cm³/mol. The Morgan fingerprint density at radius 2 is 1.81 bits per heavy atom. The molecule has 21 heavy (non-hydrogen) atoms. The zero-order valence-corrected chi connectivity index (χ0v) is 13.9. The van der Waals surface area contributed by atoms with Gasteiger partial charge in [0, 0.05) is 17.1 Å². The first-order valence-corrected chi connectivity index (χ1v) is 7.13. The molecule has 1 aromatic rings. The Morgan fingerprint density at radius 3 is 2.24 bits per heavy atom. The van der Waals surface area contributed by atoms with Gasteiger partial charge in [0.2, 0.25) is 5.75 Å². The van der Waals surface area contributed by atoms with Crippen molar-refractivity contribution in [3.05, 3.63) is 28.3 Å². The highest BCUT2D eigenvalue weighted by atomic mass is 79.9. The fourth-order valence-corrected chi connectivity index (χ4v) is 3.02. The average Bonchev–Trinajstić information content (AvgIpc) is 2.74. The largest absolute Gasteiger partial charge is 0.493 e. The minimum Gasteiger partial charge on any atom is -0.493 e. The number of hydrogen-bond donors (Lipinski definition) is 0. The fourth-order valence-electron chi connectivity index (χ4n) is 2.34. The third-order valence-corrected chi connectivity index (χ3v) is 4.42. The van der Waals surface area contributed by atoms with E-state index in [0.29, 0.717) is 27.3 Å². The van der Waals surface area contributed by atoms with E-state index in [2.05, 4.69) is 22.5 Å². The highest BCUT2D eigenvalue weighted by Crippen LogP contribution is 2.50. The summed E-state index contributed by atoms with van der Waals surface area (Å²) in [6.07, 6.45) is -0.437. The van der Waals surface area contributed by atoms with Crippen molar-refractivity contribution < 1.29 is 23.7 Å². The molecule has 2 rings (SSSR count). The van der Waals surface area contributed by atoms with Gasteiger partial charge < -0.3 is 18.9 Å². The van der Waals surface area contributed by atoms with Gasteiger partial charge in [0.25, 0.3) is 0 Å². The number of esters is 1. The lowest BCUT2D eigenvalue weighted by Crippen LogP contribution is -2.08. The molecule has 1 aromatic carbocycles. The third-order valence-electron chi connectivity index (χ3n) is 3.60. The number of cyclic esters (lactones) is 1. The second-order valence-electron chi connectivity index (χ2n) is 4.69. The van der Waals surface area contributed by atoms with Gasteiger partial charge in [0.05, 0.1) is 25.8 Å². The molecule has 0 aromatic heterocycles. The average molecular weight is 357 g/mol. The second-order valence-corrected chi connectivity index (χ2v) is 5.48. The molecule has 1 heterocycles. The van der Waals surface area contributed by atoms with Crippen LogP contribution in [0.15, 0.2) is 22.7 Å². The maximum atomic E-state index is 11.7. The molecule has 0 aliphatic carbocycles. The molecule has 6 heteroatoms. The molecule has 114 valence electrons. The van der Waals surface area contributed by atoms with E-state index < -0.39 is 6.10 Å². The van der Waals surface area contributed by atoms with Crippen LogP contribution in [0.1, 0.15) is 18.6 Å². The molecule has 1 fully saturated rings. The van der Waals surface area contributed by atoms with Crippen molar-refractivity contribution in [1.82, 2.24) is 0 Å². The lowest BCUT2D eigenvalue weighted by atomic mass is 9.94. The minimum absolute atomic E-state index is 0.128. The maximum Gasteiger partial charge on any atom is 0.334 e. The molecule has 1 saturated heterocycles. The van der Waals surface area contributed by atoms with Crippen molar-refractivity contribution >= 4 is 21.9 Å². The van der Waals surface area contributed by atoms with Gasteiger partial charge in [-0.25, -0.2) is 4.79 Å². The van der Waals surface area contributed by atoms with E-state index in [1.165, 1.54) is 21.3 Å². The molecule has 0 bridgehead atoms. The molecule has 1 aliphatic rings. The lowest BCUT2D eigenvalue weighted by Gasteiger charge is -2.21. The van der Waals surface area contributed by atoms with Gasteiger partial charge in [-0.2, -0.15) is 0 Å². The predicted octanol–water partition coefficient (Wildman–Crippen LogP) is 3.27. The molecular weight excluding hydrogens is 340 g/mol. The molecule has 0 spiro atoms. The number of hydrogen-bond acceptors (Lipinski definition) is 5. The first-order valence-electron chi connectivity index (χ1n) is 6.34. The van der Waals surface area contributed by atoms with Gasteiger partial charge in [0.1, 0.15) is 6.10 Å². The van der Waals surface area contributed by atoms with E-state index in [4.69, 9.17) is 18.9 Å². The van der Waals surface area contributed by atoms with E-state index in [0.717, 1.165) is 5.56 Å². The van der Waals surface area contributed by atoms with E-state index in [9.17, 15) is 4.79 Å². The van der Waals surface area contributed by atoms with Gasteiger partial charge in [-0.3, -0.25) is 0 Å². The molecule has 2 atom stereocenters. The standard InChI is InChI=1S/C15H17BrO5/c1-7-8(2)15(17)21-12(7)9-6-10(18-3)13(19-4)14(20-5)11(9)16/h6-7,12H,2H2,1,3-5H3/t7-,12-/m0/s1. The number of methoxy groups -OCH3 is 3. The minimum atomic E-state index is -0.437. The Morgan fingerprint density at radius 1 is 1.19 bits per heavy atom. The Labute approximate surface area is 132 Å². The lowest BCUT2D eigenvalue weighted by molar-refractivity contribution is -0.139. The van der Waals surface area contributed by atoms with Gasteiger partial charge in [-0.1, -0.05) is 13.5 Å². The summed E-state index contributed by atoms with van der Waals surface area (Å²) in [7, 11) is 4.61. The SMILES string of the molecule is C=C1C(=O)O[C@H](c2cc(OC)c(OC)c(OC)c2Br)[C@H]1C. The van der Waals surface area contributed by atoms with E-state index in [1.807, 2.05) is 6.92 Å². The Kier molecular flexibility index (Phi) is 4.46. The third kappa shape index (κ3) is 2.48. The zero-order chi connectivity index (χ0) is 15.7. The van der Waals surface area contributed by atoms with Crippen LogP contribution in [-0.4, -0.2) is 27.3 Å². The molecule has 1 aliphatic heterocycles. The smallest absolute Gasteiger partial charge is 0.334 e. The Hall–Kier alpha value is -1.69. The van der Waals surface area contributed by atoms with Crippen molar-refractivity contribution in [2.24, 2.45) is 5.92 Å². The summed E-state index contributed by atoms with van der Waals surface area (Å²) in [5.41, 5.74) is 1.21. The number of halogens is 1. The first-order chi connectivity index (χ1) is 9.96. The highest BCUT2D eigenvalue weighted by molar-refractivity contribution is 9.10. The van der Waals surface area contributed by atoms with Crippen LogP contribution in [0.5, 0.6) is 17.2 Å². The molecule has 5 nitrogen and oxygen atoms in total. The van der Waals surface area contributed by atoms with Gasteiger partial charge in [-0.15, -0.1) is 0 Å². The van der Waals surface area contributed by atoms with Crippen molar-refractivity contribution in [3.63, 3.8) is 0 Å². The van der Waals surface area contributed by atoms with Crippen LogP contribution in [0.4, 0.5) is 0 Å². The first kappa shape index (κ1) is 15.7. The summed E-state index contributed by atoms with van der Waals surface area (Å²) in [6.45, 7) is 5.66. The monoisotopic (exact) mass is 356 g/mol. The topological polar surface area (TPSA) is 54.0 Å². The summed E-state index contributed by atoms with van der Waals surface area (Å²) in [6, 6.07) is 1.78. The van der Waals surface area contributed by atoms with Crippen LogP contribution in [0, 0.1) is 5.92 Å². The van der Waals surface area contributed by atoms with E-state index in [1.54, 1.807) is 6.07 Å². The summed E-state index contributed by atoms with van der Waals surface area (Å²) in [4.78, 5) is 11.7. The van der Waals surface area contributed by atoms with Crippen molar-refractivity contribution in [1.29, 1.82) is 0 Å². The molecule has 0 amide bonds. The normalized spacial score (nSPS) is 21.2. The zero-order valence-electron chi connectivity index (χ0n) is 12.4. The summed E-state index contributed by atoms with van der Waals surface area (Å²) >= 11 is 3.49. The van der Waals surface area contributed by atoms with Crippen LogP contribution in [0.25, 0.3) is 0 Å². The van der Waals surface area contributed by atoms with Crippen LogP contribution < -0.4 is 14.2 Å². The summed E-state index contributed by atoms with van der Waals surface area (Å²) in [5, 5.41) is 0. The van der Waals surface area contributed by atoms with Gasteiger partial charge in [0.15, 0.2) is 11.5 Å². The second kappa shape index (κ2) is 5.97. The van der Waals surface area contributed by atoms with Crippen molar-refractivity contribution in [2.75, 3.05) is 21.3 Å². The number of benzene rings is 1. The van der Waals surface area contributed by atoms with Crippen LogP contribution >= 0.6 is 15.9 Å². The van der Waals surface area contributed by atoms with Gasteiger partial charge in [-0.05, 0) is 22.0 Å². The fraction of sp³-hybridized carbons (Fsp3) is 0.400. The summed E-state index contributed by atoms with van der Waals surface area (Å²) in [5.74, 6) is 0.970. The Bertz CT molecular complexity index is 596. The highest BCUT2D eigenvalue weighted by Gasteiger charge is 2.39. The van der Waals surface area contributed by atoms with Gasteiger partial charge >= 0.3 is 5.97 Å². The van der Waals surface area contributed by atoms with E-state index >= 15 is 0 Å². The maximum absolute atomic E-state index is 11.7. The Balaban J connectivity index is 2.60. The summed E-state index contributed by atoms with van der Waals surface area (Å²) < 4.78 is 22.1. The van der Waals surface area contributed by atoms with Crippen molar-refractivity contribution in [2.45, 2.75) is 13.0 Å². The van der Waals surface area contributed by atoms with Crippen LogP contribution in [0.2, 0.25) is 0 Å². The molecule has 0 radical (unpaired) electrons. The molecule has 0 N–H and O–H groups in total. The van der Waals surface area contributed by atoms with Crippen LogP contribution in [0.3, 0.4) is 0 Å². The van der Waals surface area contributed by atoms with E-state index in [-0.39, 0.29) is 11.9 Å². The number of carbonyl (C=O) groups excluding carboxylic acids is 1.